The van der Waals surface area contributed by atoms with Gasteiger partial charge in [-0.1, -0.05) is 6.07 Å². The molecule has 1 N–H and O–H groups in total. The Morgan fingerprint density at radius 1 is 1.32 bits per heavy atom. The minimum absolute atomic E-state index is 0.215. The summed E-state index contributed by atoms with van der Waals surface area (Å²) in [5, 5.41) is 2.76. The van der Waals surface area contributed by atoms with Crippen molar-refractivity contribution in [1.29, 1.82) is 0 Å². The number of fused-ring (bicyclic) bond motifs is 1. The quantitative estimate of drug-likeness (QED) is 0.852. The second-order valence-corrected chi connectivity index (χ2v) is 7.30. The summed E-state index contributed by atoms with van der Waals surface area (Å²) in [6.07, 6.45) is 1.06. The predicted molar refractivity (Wildman–Crippen MR) is 81.5 cm³/mol. The Labute approximate surface area is 130 Å². The molecule has 1 heterocycles. The van der Waals surface area contributed by atoms with Crippen LogP contribution in [-0.4, -0.2) is 51.7 Å². The topological polar surface area (TPSA) is 84.9 Å². The van der Waals surface area contributed by atoms with Crippen LogP contribution >= 0.6 is 0 Å². The summed E-state index contributed by atoms with van der Waals surface area (Å²) in [5.41, 5.74) is 0.861. The Kier molecular flexibility index (Phi) is 4.92. The molecule has 0 fully saturated rings. The van der Waals surface area contributed by atoms with Gasteiger partial charge in [-0.3, -0.25) is 4.79 Å². The molecule has 1 amide bonds. The number of carbonyl (C=O) groups excluding carboxylic acids is 1. The Morgan fingerprint density at radius 3 is 2.59 bits per heavy atom. The van der Waals surface area contributed by atoms with Crippen molar-refractivity contribution in [3.05, 3.63) is 23.8 Å². The van der Waals surface area contributed by atoms with E-state index in [9.17, 15) is 13.2 Å². The second kappa shape index (κ2) is 6.53. The van der Waals surface area contributed by atoms with Gasteiger partial charge < -0.3 is 14.8 Å². The molecule has 0 radical (unpaired) electrons. The molecule has 122 valence electrons. The van der Waals surface area contributed by atoms with Crippen molar-refractivity contribution in [3.8, 4) is 11.5 Å². The summed E-state index contributed by atoms with van der Waals surface area (Å²) < 4.78 is 34.5. The van der Waals surface area contributed by atoms with E-state index >= 15 is 0 Å². The summed E-state index contributed by atoms with van der Waals surface area (Å²) in [7, 11) is -2.01. The van der Waals surface area contributed by atoms with Crippen LogP contribution < -0.4 is 14.8 Å². The van der Waals surface area contributed by atoms with E-state index in [0.717, 1.165) is 16.1 Å². The summed E-state index contributed by atoms with van der Waals surface area (Å²) in [5.74, 6) is 0.971. The number of likely N-dealkylation sites (N-methyl/N-ethyl adjacent to an activating group) is 1. The minimum Gasteiger partial charge on any atom is -0.486 e. The van der Waals surface area contributed by atoms with Gasteiger partial charge in [-0.15, -0.1) is 0 Å². The van der Waals surface area contributed by atoms with E-state index in [4.69, 9.17) is 9.47 Å². The molecule has 1 aromatic carbocycles. The lowest BCUT2D eigenvalue weighted by Crippen LogP contribution is -2.38. The molecule has 1 aromatic rings. The van der Waals surface area contributed by atoms with Crippen LogP contribution in [0.5, 0.6) is 11.5 Å². The number of hydrogen-bond donors (Lipinski definition) is 1. The number of benzene rings is 1. The fraction of sp³-hybridized carbons (Fsp3) is 0.500. The third-order valence-corrected chi connectivity index (χ3v) is 4.64. The molecule has 1 atom stereocenters. The molecule has 1 aliphatic heterocycles. The molecular weight excluding hydrogens is 308 g/mol. The number of carbonyl (C=O) groups is 1. The average molecular weight is 328 g/mol. The number of nitrogens with one attached hydrogen (secondary N) is 1. The second-order valence-electron chi connectivity index (χ2n) is 5.21. The molecule has 7 nitrogen and oxygen atoms in total. The zero-order valence-electron chi connectivity index (χ0n) is 12.8. The lowest BCUT2D eigenvalue weighted by molar-refractivity contribution is -0.121. The van der Waals surface area contributed by atoms with Crippen LogP contribution in [0.2, 0.25) is 0 Å². The maximum Gasteiger partial charge on any atom is 0.235 e. The number of amides is 1. The van der Waals surface area contributed by atoms with Gasteiger partial charge >= 0.3 is 0 Å². The summed E-state index contributed by atoms with van der Waals surface area (Å²) in [6, 6.07) is 5.20. The number of hydrogen-bond acceptors (Lipinski definition) is 5. The van der Waals surface area contributed by atoms with Gasteiger partial charge in [0, 0.05) is 7.05 Å². The maximum atomic E-state index is 11.9. The van der Waals surface area contributed by atoms with Crippen molar-refractivity contribution in [3.63, 3.8) is 0 Å². The predicted octanol–water partition coefficient (Wildman–Crippen LogP) is 0.526. The van der Waals surface area contributed by atoms with Crippen molar-refractivity contribution >= 4 is 15.9 Å². The number of ether oxygens (including phenoxy) is 2. The Hall–Kier alpha value is -1.80. The third kappa shape index (κ3) is 4.11. The van der Waals surface area contributed by atoms with Crippen molar-refractivity contribution < 1.29 is 22.7 Å². The monoisotopic (exact) mass is 328 g/mol. The molecule has 8 heteroatoms. The average Bonchev–Trinajstić information content (AvgIpc) is 2.45. The highest BCUT2D eigenvalue weighted by atomic mass is 32.2. The maximum absolute atomic E-state index is 11.9. The number of nitrogens with zero attached hydrogens (tertiary/aromatic N) is 1. The molecule has 1 aliphatic rings. The minimum atomic E-state index is -3.37. The molecule has 0 bridgehead atoms. The highest BCUT2D eigenvalue weighted by Gasteiger charge is 2.18. The van der Waals surface area contributed by atoms with Crippen molar-refractivity contribution in [1.82, 2.24) is 9.62 Å². The van der Waals surface area contributed by atoms with E-state index in [0.29, 0.717) is 24.7 Å². The van der Waals surface area contributed by atoms with Crippen LogP contribution in [-0.2, 0) is 14.8 Å². The Bertz CT molecular complexity index is 659. The van der Waals surface area contributed by atoms with Gasteiger partial charge in [0.1, 0.15) is 13.2 Å². The van der Waals surface area contributed by atoms with Crippen LogP contribution in [0, 0.1) is 0 Å². The molecule has 2 rings (SSSR count). The molecule has 0 unspecified atom stereocenters. The zero-order chi connectivity index (χ0) is 16.3. The van der Waals surface area contributed by atoms with E-state index in [1.807, 2.05) is 19.1 Å². The van der Waals surface area contributed by atoms with E-state index in [-0.39, 0.29) is 18.5 Å². The first-order valence-corrected chi connectivity index (χ1v) is 8.72. The smallest absolute Gasteiger partial charge is 0.235 e. The van der Waals surface area contributed by atoms with Gasteiger partial charge in [0.2, 0.25) is 15.9 Å². The van der Waals surface area contributed by atoms with E-state index < -0.39 is 10.0 Å². The van der Waals surface area contributed by atoms with Crippen LogP contribution in [0.3, 0.4) is 0 Å². The standard InChI is InChI=1S/C14H20N2O5S/c1-10(15-14(17)9-16(2)22(3,18)19)11-4-5-12-13(8-11)21-7-6-20-12/h4-5,8,10H,6-7,9H2,1-3H3,(H,15,17)/t10-/m1/s1. The molecule has 0 aromatic heterocycles. The van der Waals surface area contributed by atoms with Gasteiger partial charge in [0.25, 0.3) is 0 Å². The van der Waals surface area contributed by atoms with Crippen LogP contribution in [0.25, 0.3) is 0 Å². The Morgan fingerprint density at radius 2 is 1.95 bits per heavy atom. The van der Waals surface area contributed by atoms with Crippen LogP contribution in [0.4, 0.5) is 0 Å². The normalized spacial score (nSPS) is 15.5. The van der Waals surface area contributed by atoms with Gasteiger partial charge in [-0.05, 0) is 24.6 Å². The summed E-state index contributed by atoms with van der Waals surface area (Å²) in [4.78, 5) is 11.9. The molecule has 22 heavy (non-hydrogen) atoms. The zero-order valence-corrected chi connectivity index (χ0v) is 13.6. The first-order valence-electron chi connectivity index (χ1n) is 6.87. The Balaban J connectivity index is 2.00. The van der Waals surface area contributed by atoms with Crippen LogP contribution in [0.15, 0.2) is 18.2 Å². The van der Waals surface area contributed by atoms with E-state index in [1.54, 1.807) is 6.07 Å². The van der Waals surface area contributed by atoms with Gasteiger partial charge in [0.15, 0.2) is 11.5 Å². The molecule has 0 spiro atoms. The third-order valence-electron chi connectivity index (χ3n) is 3.38. The SMILES string of the molecule is C[C@@H](NC(=O)CN(C)S(C)(=O)=O)c1ccc2c(c1)OCCO2. The van der Waals surface area contributed by atoms with Gasteiger partial charge in [0.05, 0.1) is 18.8 Å². The molecule has 0 saturated carbocycles. The van der Waals surface area contributed by atoms with Gasteiger partial charge in [-0.2, -0.15) is 4.31 Å². The summed E-state index contributed by atoms with van der Waals surface area (Å²) in [6.45, 7) is 2.63. The highest BCUT2D eigenvalue weighted by Crippen LogP contribution is 2.32. The van der Waals surface area contributed by atoms with Crippen molar-refractivity contribution in [2.75, 3.05) is 33.1 Å². The van der Waals surface area contributed by atoms with Crippen molar-refractivity contribution in [2.45, 2.75) is 13.0 Å². The first-order chi connectivity index (χ1) is 10.3. The molecule has 0 saturated heterocycles. The molecular formula is C14H20N2O5S. The van der Waals surface area contributed by atoms with Gasteiger partial charge in [-0.25, -0.2) is 8.42 Å². The van der Waals surface area contributed by atoms with E-state index in [1.165, 1.54) is 7.05 Å². The summed E-state index contributed by atoms with van der Waals surface area (Å²) >= 11 is 0. The fourth-order valence-electron chi connectivity index (χ4n) is 2.02. The van der Waals surface area contributed by atoms with Crippen molar-refractivity contribution in [2.24, 2.45) is 0 Å². The first kappa shape index (κ1) is 16.6. The number of sulfonamides is 1. The lowest BCUT2D eigenvalue weighted by Gasteiger charge is -2.21. The lowest BCUT2D eigenvalue weighted by atomic mass is 10.1. The fourth-order valence-corrected chi connectivity index (χ4v) is 2.37. The largest absolute Gasteiger partial charge is 0.486 e. The highest BCUT2D eigenvalue weighted by molar-refractivity contribution is 7.88. The van der Waals surface area contributed by atoms with Crippen LogP contribution in [0.1, 0.15) is 18.5 Å². The van der Waals surface area contributed by atoms with E-state index in [2.05, 4.69) is 5.32 Å². The number of rotatable bonds is 5. The molecule has 0 aliphatic carbocycles.